The van der Waals surface area contributed by atoms with Gasteiger partial charge in [-0.2, -0.15) is 0 Å². The van der Waals surface area contributed by atoms with Gasteiger partial charge < -0.3 is 0 Å². The van der Waals surface area contributed by atoms with Crippen LogP contribution in [0.4, 0.5) is 0 Å². The third-order valence-electron chi connectivity index (χ3n) is 0.163. The Morgan fingerprint density at radius 3 is 1.75 bits per heavy atom. The van der Waals surface area contributed by atoms with Gasteiger partial charge in [-0.1, -0.05) is 0 Å². The lowest BCUT2D eigenvalue weighted by Gasteiger charge is -1.78. The summed E-state index contributed by atoms with van der Waals surface area (Å²) in [5, 5.41) is 6.00. The smallest absolute Gasteiger partial charge is 0.186 e. The molecule has 1 rings (SSSR count). The summed E-state index contributed by atoms with van der Waals surface area (Å²) in [6, 6.07) is 2.14. The van der Waals surface area contributed by atoms with E-state index in [0.29, 0.717) is 0 Å². The van der Waals surface area contributed by atoms with Crippen LogP contribution in [0.5, 0.6) is 0 Å². The molecule has 0 aromatic carbocycles. The Labute approximate surface area is 22.5 Å². The Morgan fingerprint density at radius 2 is 1.75 bits per heavy atom. The Bertz CT molecular complexity index is 64.1. The minimum absolute atomic E-state index is 2.14. The van der Waals surface area contributed by atoms with Crippen LogP contribution in [0.2, 0.25) is 0 Å². The van der Waals surface area contributed by atoms with Crippen molar-refractivity contribution < 1.29 is 4.94 Å². The predicted octanol–water partition coefficient (Wildman–Crippen LogP) is 0.0205. The van der Waals surface area contributed by atoms with Crippen LogP contribution in [0.25, 0.3) is 0 Å². The summed E-state index contributed by atoms with van der Waals surface area (Å²) in [6.07, 6.45) is 0. The van der Waals surface area contributed by atoms with Gasteiger partial charge in [0.2, 0.25) is 0 Å². The fraction of sp³-hybridized carbons (Fsp3) is 0. The van der Waals surface area contributed by atoms with Gasteiger partial charge in [-0.15, -0.1) is 0 Å². The molecule has 20 valence electrons. The minimum Gasteiger partial charge on any atom is -0.224 e. The summed E-state index contributed by atoms with van der Waals surface area (Å²) < 4.78 is 0. The maximum atomic E-state index is 3.86. The van der Waals surface area contributed by atoms with Gasteiger partial charge in [-0.05, 0) is 0 Å². The zero-order valence-electron chi connectivity index (χ0n) is 1.80. The van der Waals surface area contributed by atoms with Gasteiger partial charge >= 0.3 is 0 Å². The number of nitrogens with zero attached hydrogens (tertiary/aromatic N) is 2. The Morgan fingerprint density at radius 1 is 1.50 bits per heavy atom. The van der Waals surface area contributed by atoms with E-state index in [1.54, 1.807) is 0 Å². The van der Waals surface area contributed by atoms with E-state index in [0.717, 1.165) is 0 Å². The number of rotatable bonds is 0. The maximum Gasteiger partial charge on any atom is 0.186 e. The van der Waals surface area contributed by atoms with E-state index in [2.05, 4.69) is 21.3 Å². The molecule has 1 aliphatic rings. The van der Waals surface area contributed by atoms with Gasteiger partial charge in [-0.25, -0.2) is 4.94 Å². The Hall–Kier alpha value is -0.820. The van der Waals surface area contributed by atoms with Gasteiger partial charge in [0.15, 0.2) is 6.01 Å². The average Bonchev–Trinajstić information content (AvgIpc) is 0.722. The van der Waals surface area contributed by atoms with Crippen molar-refractivity contribution in [3.05, 3.63) is 0 Å². The zero-order chi connectivity index (χ0) is 2.83. The first-order valence-electron chi connectivity index (χ1n) is 0.812. The van der Waals surface area contributed by atoms with Crippen LogP contribution in [-0.4, -0.2) is 6.01 Å². The van der Waals surface area contributed by atoms with Gasteiger partial charge in [0.25, 0.3) is 0 Å². The molecule has 0 aliphatic carbocycles. The van der Waals surface area contributed by atoms with E-state index in [4.69, 9.17) is 0 Å². The van der Waals surface area contributed by atoms with E-state index in [-0.39, 0.29) is 0 Å². The van der Waals surface area contributed by atoms with Crippen molar-refractivity contribution in [3.63, 3.8) is 0 Å². The summed E-state index contributed by atoms with van der Waals surface area (Å²) in [4.78, 5) is 3.86. The molecule has 1 heterocycles. The van der Waals surface area contributed by atoms with Crippen LogP contribution in [0.3, 0.4) is 0 Å². The highest BCUT2D eigenvalue weighted by Crippen LogP contribution is 1.77. The van der Waals surface area contributed by atoms with Crippen molar-refractivity contribution >= 4 is 6.01 Å². The molecular weight excluding hydrogens is 56.0 g/mol. The van der Waals surface area contributed by atoms with Crippen molar-refractivity contribution in [2.24, 2.45) is 10.3 Å². The summed E-state index contributed by atoms with van der Waals surface area (Å²) >= 11 is 0. The lowest BCUT2D eigenvalue weighted by molar-refractivity contribution is 0.130. The molecule has 3 nitrogen and oxygen atoms in total. The first-order valence-corrected chi connectivity index (χ1v) is 0.812. The van der Waals surface area contributed by atoms with E-state index in [1.807, 2.05) is 0 Å². The zero-order valence-corrected chi connectivity index (χ0v) is 1.80. The largest absolute Gasteiger partial charge is 0.224 e. The fourth-order valence-corrected chi connectivity index (χ4v) is 0.0408. The minimum atomic E-state index is 2.14. The van der Waals surface area contributed by atoms with E-state index < -0.39 is 0 Å². The highest BCUT2D eigenvalue weighted by molar-refractivity contribution is 5.41. The van der Waals surface area contributed by atoms with Gasteiger partial charge in [0, 0.05) is 10.3 Å². The third-order valence-corrected chi connectivity index (χ3v) is 0.163. The molecule has 0 N–H and O–H groups in total. The van der Waals surface area contributed by atoms with Gasteiger partial charge in [0.1, 0.15) is 0 Å². The molecule has 0 radical (unpaired) electrons. The molecule has 0 fully saturated rings. The second-order valence-electron chi connectivity index (χ2n) is 0.364. The Kier molecular flexibility index (Phi) is 0.112. The van der Waals surface area contributed by atoms with E-state index in [1.165, 1.54) is 0 Å². The molecule has 0 aromatic rings. The predicted molar refractivity (Wildman–Crippen MR) is 10.9 cm³/mol. The number of hydrogen-bond acceptors (Lipinski definition) is 3. The van der Waals surface area contributed by atoms with Crippen molar-refractivity contribution in [2.75, 3.05) is 0 Å². The molecule has 0 aromatic heterocycles. The van der Waals surface area contributed by atoms with Crippen molar-refractivity contribution in [1.82, 2.24) is 0 Å². The summed E-state index contributed by atoms with van der Waals surface area (Å²) in [5.74, 6) is 0. The standard InChI is InChI=1S/CN2O/c1-2-4-3-1. The summed E-state index contributed by atoms with van der Waals surface area (Å²) in [5.41, 5.74) is 0. The first-order chi connectivity index (χ1) is 2.00. The van der Waals surface area contributed by atoms with Crippen LogP contribution in [0, 0.1) is 0 Å². The van der Waals surface area contributed by atoms with Crippen LogP contribution >= 0.6 is 0 Å². The second-order valence-corrected chi connectivity index (χ2v) is 0.364. The van der Waals surface area contributed by atoms with Crippen LogP contribution in [0.1, 0.15) is 0 Å². The van der Waals surface area contributed by atoms with Crippen molar-refractivity contribution in [1.29, 1.82) is 0 Å². The summed E-state index contributed by atoms with van der Waals surface area (Å²) in [6.45, 7) is 0. The lowest BCUT2D eigenvalue weighted by atomic mass is 11.5. The summed E-state index contributed by atoms with van der Waals surface area (Å²) in [7, 11) is 0. The average molecular weight is 56.0 g/mol. The topological polar surface area (TPSA) is 34.0 Å². The molecule has 0 bridgehead atoms. The fourth-order valence-electron chi connectivity index (χ4n) is 0.0408. The quantitative estimate of drug-likeness (QED) is 0.385. The SMILES string of the molecule is C1=NON=1. The molecule has 4 heavy (non-hydrogen) atoms. The third kappa shape index (κ3) is 0.00378. The molecule has 0 saturated heterocycles. The first kappa shape index (κ1) is 1.49. The molecule has 0 spiro atoms. The lowest BCUT2D eigenvalue weighted by Crippen LogP contribution is -1.72. The molecule has 3 heteroatoms. The van der Waals surface area contributed by atoms with Crippen LogP contribution in [-0.2, 0) is 4.94 Å². The van der Waals surface area contributed by atoms with Crippen LogP contribution < -0.4 is 0 Å². The van der Waals surface area contributed by atoms with E-state index >= 15 is 0 Å². The van der Waals surface area contributed by atoms with Gasteiger partial charge in [0.05, 0.1) is 0 Å². The number of hydrogen-bond donors (Lipinski definition) is 0. The highest BCUT2D eigenvalue weighted by Gasteiger charge is 1.71. The second kappa shape index (κ2) is 0.300. The molecule has 0 saturated carbocycles. The molecule has 1 aliphatic heterocycles. The molecule has 0 amide bonds. The Balaban J connectivity index is 2.95. The monoisotopic (exact) mass is 56.0 g/mol. The normalized spacial score (nSPS) is 14.0. The van der Waals surface area contributed by atoms with E-state index in [9.17, 15) is 0 Å². The molecule has 0 unspecified atom stereocenters. The highest BCUT2D eigenvalue weighted by atomic mass is 16.8. The van der Waals surface area contributed by atoms with Gasteiger partial charge in [-0.3, -0.25) is 0 Å². The molecular formula is CN2O. The van der Waals surface area contributed by atoms with Crippen molar-refractivity contribution in [3.8, 4) is 0 Å². The molecule has 0 atom stereocenters. The van der Waals surface area contributed by atoms with Crippen LogP contribution in [0.15, 0.2) is 10.3 Å². The van der Waals surface area contributed by atoms with Crippen molar-refractivity contribution in [2.45, 2.75) is 0 Å². The maximum absolute atomic E-state index is 3.86.